The molecule has 0 unspecified atom stereocenters. The van der Waals surface area contributed by atoms with E-state index in [1.807, 2.05) is 25.1 Å². The van der Waals surface area contributed by atoms with E-state index < -0.39 is 10.0 Å². The van der Waals surface area contributed by atoms with Gasteiger partial charge >= 0.3 is 0 Å². The summed E-state index contributed by atoms with van der Waals surface area (Å²) in [6.07, 6.45) is 2.73. The molecular formula is C22H24N2O3S. The first-order valence-corrected chi connectivity index (χ1v) is 10.8. The number of fused-ring (bicyclic) bond motifs is 1. The third-order valence-corrected chi connectivity index (χ3v) is 7.25. The van der Waals surface area contributed by atoms with E-state index in [4.69, 9.17) is 4.74 Å². The molecule has 146 valence electrons. The molecule has 4 rings (SSSR count). The van der Waals surface area contributed by atoms with Crippen molar-refractivity contribution in [2.75, 3.05) is 20.2 Å². The second-order valence-corrected chi connectivity index (χ2v) is 9.08. The molecule has 1 aromatic heterocycles. The predicted octanol–water partition coefficient (Wildman–Crippen LogP) is 4.27. The van der Waals surface area contributed by atoms with Crippen molar-refractivity contribution in [3.05, 3.63) is 65.4 Å². The van der Waals surface area contributed by atoms with Crippen molar-refractivity contribution in [2.45, 2.75) is 25.2 Å². The van der Waals surface area contributed by atoms with Crippen molar-refractivity contribution in [3.63, 3.8) is 0 Å². The highest BCUT2D eigenvalue weighted by Crippen LogP contribution is 2.33. The van der Waals surface area contributed by atoms with E-state index in [1.165, 1.54) is 16.5 Å². The van der Waals surface area contributed by atoms with Crippen molar-refractivity contribution in [1.29, 1.82) is 0 Å². The number of nitrogens with one attached hydrogen (secondary N) is 1. The van der Waals surface area contributed by atoms with Crippen LogP contribution >= 0.6 is 0 Å². The van der Waals surface area contributed by atoms with Crippen molar-refractivity contribution in [1.82, 2.24) is 9.29 Å². The highest BCUT2D eigenvalue weighted by molar-refractivity contribution is 7.89. The molecule has 28 heavy (non-hydrogen) atoms. The van der Waals surface area contributed by atoms with Gasteiger partial charge in [-0.1, -0.05) is 24.3 Å². The van der Waals surface area contributed by atoms with Gasteiger partial charge in [-0.15, -0.1) is 0 Å². The number of methoxy groups -OCH3 is 1. The number of benzene rings is 2. The van der Waals surface area contributed by atoms with Crippen LogP contribution in [-0.2, 0) is 10.0 Å². The number of sulfonamides is 1. The van der Waals surface area contributed by atoms with Gasteiger partial charge < -0.3 is 9.72 Å². The van der Waals surface area contributed by atoms with Crippen LogP contribution in [-0.4, -0.2) is 37.9 Å². The summed E-state index contributed by atoms with van der Waals surface area (Å²) in [7, 11) is -1.95. The Bertz CT molecular complexity index is 1180. The number of aryl methyl sites for hydroxylation is 2. The molecule has 0 saturated heterocycles. The molecule has 0 amide bonds. The molecule has 5 nitrogen and oxygen atoms in total. The maximum atomic E-state index is 13.1. The molecule has 6 heteroatoms. The van der Waals surface area contributed by atoms with E-state index in [9.17, 15) is 8.42 Å². The zero-order valence-electron chi connectivity index (χ0n) is 16.3. The van der Waals surface area contributed by atoms with Crippen LogP contribution in [0.2, 0.25) is 0 Å². The first-order chi connectivity index (χ1) is 13.4. The largest absolute Gasteiger partial charge is 0.496 e. The van der Waals surface area contributed by atoms with Gasteiger partial charge in [0.15, 0.2) is 0 Å². The molecule has 0 fully saturated rings. The number of H-pyrrole nitrogens is 1. The lowest BCUT2D eigenvalue weighted by atomic mass is 9.97. The van der Waals surface area contributed by atoms with Crippen LogP contribution in [0.3, 0.4) is 0 Å². The lowest BCUT2D eigenvalue weighted by molar-refractivity contribution is 0.411. The van der Waals surface area contributed by atoms with Gasteiger partial charge in [-0.05, 0) is 55.7 Å². The van der Waals surface area contributed by atoms with E-state index in [0.717, 1.165) is 16.8 Å². The van der Waals surface area contributed by atoms with Gasteiger partial charge in [-0.2, -0.15) is 4.31 Å². The number of hydrogen-bond donors (Lipinski definition) is 1. The Morgan fingerprint density at radius 2 is 1.89 bits per heavy atom. The average Bonchev–Trinajstić information content (AvgIpc) is 3.03. The fourth-order valence-electron chi connectivity index (χ4n) is 3.95. The topological polar surface area (TPSA) is 62.4 Å². The highest BCUT2D eigenvalue weighted by Gasteiger charge is 2.27. The Morgan fingerprint density at radius 1 is 1.11 bits per heavy atom. The van der Waals surface area contributed by atoms with Crippen LogP contribution in [0.25, 0.3) is 16.5 Å². The Kier molecular flexibility index (Phi) is 4.77. The molecule has 1 aliphatic rings. The summed E-state index contributed by atoms with van der Waals surface area (Å²) in [4.78, 5) is 3.74. The smallest absolute Gasteiger partial charge is 0.243 e. The molecular weight excluding hydrogens is 372 g/mol. The minimum absolute atomic E-state index is 0.311. The first kappa shape index (κ1) is 18.8. The minimum Gasteiger partial charge on any atom is -0.496 e. The van der Waals surface area contributed by atoms with Gasteiger partial charge in [0.1, 0.15) is 5.75 Å². The van der Waals surface area contributed by atoms with Crippen molar-refractivity contribution in [3.8, 4) is 5.75 Å². The molecule has 1 aliphatic heterocycles. The molecule has 1 N–H and O–H groups in total. The maximum Gasteiger partial charge on any atom is 0.243 e. The average molecular weight is 397 g/mol. The Morgan fingerprint density at radius 3 is 2.57 bits per heavy atom. The lowest BCUT2D eigenvalue weighted by Crippen LogP contribution is -2.34. The molecule has 0 spiro atoms. The van der Waals surface area contributed by atoms with E-state index in [0.29, 0.717) is 30.2 Å². The van der Waals surface area contributed by atoms with Gasteiger partial charge in [-0.25, -0.2) is 8.42 Å². The summed E-state index contributed by atoms with van der Waals surface area (Å²) in [6.45, 7) is 4.77. The molecule has 0 bridgehead atoms. The summed E-state index contributed by atoms with van der Waals surface area (Å²) in [6, 6.07) is 13.2. The standard InChI is InChI=1S/C22H24N2O3S/c1-15-14-18(8-9-21(15)27-3)28(25,26)24-12-10-17(11-13-24)22-16(2)23-20-7-5-4-6-19(20)22/h4-10,14,23H,11-13H2,1-3H3. The van der Waals surface area contributed by atoms with Crippen molar-refractivity contribution in [2.24, 2.45) is 0 Å². The lowest BCUT2D eigenvalue weighted by Gasteiger charge is -2.26. The SMILES string of the molecule is COc1ccc(S(=O)(=O)N2CC=C(c3c(C)[nH]c4ccccc34)CC2)cc1C. The number of para-hydroxylation sites is 1. The van der Waals surface area contributed by atoms with Crippen LogP contribution in [0.15, 0.2) is 53.4 Å². The van der Waals surface area contributed by atoms with Crippen molar-refractivity contribution < 1.29 is 13.2 Å². The predicted molar refractivity (Wildman–Crippen MR) is 112 cm³/mol. The second kappa shape index (κ2) is 7.11. The van der Waals surface area contributed by atoms with Crippen LogP contribution in [0.5, 0.6) is 5.75 Å². The Hall–Kier alpha value is -2.57. The fourth-order valence-corrected chi connectivity index (χ4v) is 5.41. The van der Waals surface area contributed by atoms with E-state index in [2.05, 4.69) is 24.0 Å². The van der Waals surface area contributed by atoms with Gasteiger partial charge in [0.25, 0.3) is 0 Å². The molecule has 0 atom stereocenters. The first-order valence-electron chi connectivity index (χ1n) is 9.33. The number of ether oxygens (including phenoxy) is 1. The Balaban J connectivity index is 1.63. The molecule has 0 saturated carbocycles. The van der Waals surface area contributed by atoms with Gasteiger partial charge in [-0.3, -0.25) is 0 Å². The molecule has 0 aliphatic carbocycles. The molecule has 0 radical (unpaired) electrons. The summed E-state index contributed by atoms with van der Waals surface area (Å²) in [5.41, 5.74) is 5.45. The summed E-state index contributed by atoms with van der Waals surface area (Å²) in [5.74, 6) is 0.689. The number of aromatic amines is 1. The summed E-state index contributed by atoms with van der Waals surface area (Å²) in [5, 5.41) is 1.19. The molecule has 2 heterocycles. The third kappa shape index (κ3) is 3.12. The molecule has 2 aromatic carbocycles. The van der Waals surface area contributed by atoms with E-state index in [1.54, 1.807) is 29.6 Å². The second-order valence-electron chi connectivity index (χ2n) is 7.14. The summed E-state index contributed by atoms with van der Waals surface area (Å²) >= 11 is 0. The third-order valence-electron chi connectivity index (χ3n) is 5.39. The van der Waals surface area contributed by atoms with E-state index >= 15 is 0 Å². The monoisotopic (exact) mass is 396 g/mol. The Labute approximate surface area is 165 Å². The zero-order valence-corrected chi connectivity index (χ0v) is 17.1. The van der Waals surface area contributed by atoms with Crippen molar-refractivity contribution >= 4 is 26.5 Å². The normalized spacial score (nSPS) is 15.6. The maximum absolute atomic E-state index is 13.1. The van der Waals surface area contributed by atoms with Crippen LogP contribution in [0.4, 0.5) is 0 Å². The molecule has 3 aromatic rings. The van der Waals surface area contributed by atoms with Crippen LogP contribution in [0, 0.1) is 13.8 Å². The van der Waals surface area contributed by atoms with Gasteiger partial charge in [0.2, 0.25) is 10.0 Å². The fraction of sp³-hybridized carbons (Fsp3) is 0.273. The number of rotatable bonds is 4. The summed E-state index contributed by atoms with van der Waals surface area (Å²) < 4.78 is 32.9. The van der Waals surface area contributed by atoms with E-state index in [-0.39, 0.29) is 0 Å². The highest BCUT2D eigenvalue weighted by atomic mass is 32.2. The number of nitrogens with zero attached hydrogens (tertiary/aromatic N) is 1. The number of hydrogen-bond acceptors (Lipinski definition) is 3. The van der Waals surface area contributed by atoms with Crippen LogP contribution in [0.1, 0.15) is 23.2 Å². The van der Waals surface area contributed by atoms with Crippen LogP contribution < -0.4 is 4.74 Å². The van der Waals surface area contributed by atoms with Gasteiger partial charge in [0.05, 0.1) is 12.0 Å². The number of aromatic nitrogens is 1. The van der Waals surface area contributed by atoms with Gasteiger partial charge in [0, 0.05) is 35.2 Å². The quantitative estimate of drug-likeness (QED) is 0.716. The minimum atomic E-state index is -3.53. The zero-order chi connectivity index (χ0) is 19.9.